The molecule has 1 aromatic heterocycles. The van der Waals surface area contributed by atoms with Gasteiger partial charge < -0.3 is 5.32 Å². The molecule has 1 atom stereocenters. The molecule has 108 valence electrons. The Morgan fingerprint density at radius 1 is 1.42 bits per heavy atom. The first-order valence-electron chi connectivity index (χ1n) is 7.53. The Kier molecular flexibility index (Phi) is 4.98. The Bertz CT molecular complexity index is 398. The SMILES string of the molecule is CCC1CN(Cc2nc(C)cs2)C(CC)(CC)CN1. The van der Waals surface area contributed by atoms with Crippen molar-refractivity contribution in [1.82, 2.24) is 15.2 Å². The summed E-state index contributed by atoms with van der Waals surface area (Å²) in [6, 6.07) is 0.632. The third kappa shape index (κ3) is 3.18. The molecule has 0 saturated carbocycles. The van der Waals surface area contributed by atoms with E-state index in [1.165, 1.54) is 24.3 Å². The van der Waals surface area contributed by atoms with Crippen molar-refractivity contribution in [2.24, 2.45) is 0 Å². The number of rotatable bonds is 5. The number of hydrogen-bond donors (Lipinski definition) is 1. The quantitative estimate of drug-likeness (QED) is 0.898. The van der Waals surface area contributed by atoms with E-state index in [-0.39, 0.29) is 0 Å². The first-order valence-corrected chi connectivity index (χ1v) is 8.41. The van der Waals surface area contributed by atoms with E-state index < -0.39 is 0 Å². The summed E-state index contributed by atoms with van der Waals surface area (Å²) < 4.78 is 0. The fourth-order valence-electron chi connectivity index (χ4n) is 3.06. The van der Waals surface area contributed by atoms with Crippen molar-refractivity contribution < 1.29 is 0 Å². The predicted octanol–water partition coefficient (Wildman–Crippen LogP) is 3.19. The summed E-state index contributed by atoms with van der Waals surface area (Å²) in [7, 11) is 0. The lowest BCUT2D eigenvalue weighted by molar-refractivity contribution is 0.0237. The van der Waals surface area contributed by atoms with Gasteiger partial charge in [0.2, 0.25) is 0 Å². The van der Waals surface area contributed by atoms with E-state index in [4.69, 9.17) is 0 Å². The fraction of sp³-hybridized carbons (Fsp3) is 0.800. The number of piperazine rings is 1. The Balaban J connectivity index is 2.15. The van der Waals surface area contributed by atoms with Crippen LogP contribution in [0.1, 0.15) is 50.7 Å². The van der Waals surface area contributed by atoms with Crippen molar-refractivity contribution in [3.63, 3.8) is 0 Å². The van der Waals surface area contributed by atoms with Gasteiger partial charge in [-0.05, 0) is 26.2 Å². The molecule has 0 spiro atoms. The minimum Gasteiger partial charge on any atom is -0.311 e. The van der Waals surface area contributed by atoms with Crippen molar-refractivity contribution >= 4 is 11.3 Å². The van der Waals surface area contributed by atoms with Gasteiger partial charge in [-0.15, -0.1) is 11.3 Å². The summed E-state index contributed by atoms with van der Waals surface area (Å²) in [5.41, 5.74) is 1.46. The molecule has 3 nitrogen and oxygen atoms in total. The lowest BCUT2D eigenvalue weighted by Crippen LogP contribution is -2.63. The largest absolute Gasteiger partial charge is 0.311 e. The van der Waals surface area contributed by atoms with Gasteiger partial charge in [-0.25, -0.2) is 4.98 Å². The molecular weight excluding hydrogens is 254 g/mol. The van der Waals surface area contributed by atoms with E-state index in [1.807, 2.05) is 0 Å². The van der Waals surface area contributed by atoms with Gasteiger partial charge in [0.05, 0.1) is 6.54 Å². The van der Waals surface area contributed by atoms with E-state index in [1.54, 1.807) is 11.3 Å². The zero-order valence-electron chi connectivity index (χ0n) is 12.7. The van der Waals surface area contributed by atoms with E-state index in [0.29, 0.717) is 11.6 Å². The summed E-state index contributed by atoms with van der Waals surface area (Å²) in [5, 5.41) is 7.15. The highest BCUT2D eigenvalue weighted by molar-refractivity contribution is 7.09. The molecule has 1 aliphatic heterocycles. The van der Waals surface area contributed by atoms with Gasteiger partial charge in [0, 0.05) is 35.7 Å². The van der Waals surface area contributed by atoms with Gasteiger partial charge in [0.1, 0.15) is 5.01 Å². The maximum atomic E-state index is 4.65. The lowest BCUT2D eigenvalue weighted by atomic mass is 9.87. The highest BCUT2D eigenvalue weighted by Crippen LogP contribution is 2.29. The van der Waals surface area contributed by atoms with Crippen molar-refractivity contribution in [2.45, 2.75) is 65.1 Å². The number of aryl methyl sites for hydroxylation is 1. The zero-order chi connectivity index (χ0) is 13.9. The van der Waals surface area contributed by atoms with E-state index in [2.05, 4.69) is 48.3 Å². The highest BCUT2D eigenvalue weighted by Gasteiger charge is 2.38. The number of hydrogen-bond acceptors (Lipinski definition) is 4. The summed E-state index contributed by atoms with van der Waals surface area (Å²) in [4.78, 5) is 7.32. The van der Waals surface area contributed by atoms with Crippen LogP contribution in [0, 0.1) is 6.92 Å². The molecule has 1 aliphatic rings. The second kappa shape index (κ2) is 6.33. The molecule has 1 unspecified atom stereocenters. The lowest BCUT2D eigenvalue weighted by Gasteiger charge is -2.49. The van der Waals surface area contributed by atoms with E-state index in [9.17, 15) is 0 Å². The highest BCUT2D eigenvalue weighted by atomic mass is 32.1. The molecule has 0 aliphatic carbocycles. The van der Waals surface area contributed by atoms with Crippen LogP contribution < -0.4 is 5.32 Å². The monoisotopic (exact) mass is 281 g/mol. The Morgan fingerprint density at radius 3 is 2.68 bits per heavy atom. The Morgan fingerprint density at radius 2 is 2.16 bits per heavy atom. The molecule has 0 radical (unpaired) electrons. The molecule has 1 fully saturated rings. The van der Waals surface area contributed by atoms with Crippen LogP contribution in [-0.2, 0) is 6.54 Å². The van der Waals surface area contributed by atoms with E-state index in [0.717, 1.165) is 25.3 Å². The average Bonchev–Trinajstić information content (AvgIpc) is 2.84. The third-order valence-corrected chi connectivity index (χ3v) is 5.58. The van der Waals surface area contributed by atoms with Crippen LogP contribution in [0.15, 0.2) is 5.38 Å². The fourth-order valence-corrected chi connectivity index (χ4v) is 3.85. The molecule has 1 aromatic rings. The van der Waals surface area contributed by atoms with Gasteiger partial charge in [-0.1, -0.05) is 20.8 Å². The summed E-state index contributed by atoms with van der Waals surface area (Å²) in [6.07, 6.45) is 3.62. The topological polar surface area (TPSA) is 28.2 Å². The molecule has 1 N–H and O–H groups in total. The van der Waals surface area contributed by atoms with Gasteiger partial charge >= 0.3 is 0 Å². The number of aromatic nitrogens is 1. The van der Waals surface area contributed by atoms with Crippen molar-refractivity contribution in [2.75, 3.05) is 13.1 Å². The van der Waals surface area contributed by atoms with Gasteiger partial charge in [-0.2, -0.15) is 0 Å². The summed E-state index contributed by atoms with van der Waals surface area (Å²) in [6.45, 7) is 12.3. The minimum atomic E-state index is 0.311. The number of nitrogens with zero attached hydrogens (tertiary/aromatic N) is 2. The van der Waals surface area contributed by atoms with Crippen molar-refractivity contribution in [3.05, 3.63) is 16.1 Å². The van der Waals surface area contributed by atoms with E-state index >= 15 is 0 Å². The van der Waals surface area contributed by atoms with Gasteiger partial charge in [0.25, 0.3) is 0 Å². The van der Waals surface area contributed by atoms with Crippen LogP contribution in [0.3, 0.4) is 0 Å². The van der Waals surface area contributed by atoms with Crippen molar-refractivity contribution in [3.8, 4) is 0 Å². The van der Waals surface area contributed by atoms with Crippen LogP contribution in [0.2, 0.25) is 0 Å². The number of thiazole rings is 1. The molecule has 0 amide bonds. The Labute approximate surface area is 121 Å². The minimum absolute atomic E-state index is 0.311. The van der Waals surface area contributed by atoms with Crippen LogP contribution in [0.5, 0.6) is 0 Å². The molecule has 2 rings (SSSR count). The first kappa shape index (κ1) is 14.9. The summed E-state index contributed by atoms with van der Waals surface area (Å²) >= 11 is 1.80. The second-order valence-corrected chi connectivity index (χ2v) is 6.62. The smallest absolute Gasteiger partial charge is 0.107 e. The zero-order valence-corrected chi connectivity index (χ0v) is 13.5. The molecular formula is C15H27N3S. The van der Waals surface area contributed by atoms with Crippen LogP contribution in [0.4, 0.5) is 0 Å². The van der Waals surface area contributed by atoms with Crippen LogP contribution in [0.25, 0.3) is 0 Å². The standard InChI is InChI=1S/C15H27N3S/c1-5-13-8-18(9-14-17-12(4)10-19-14)15(6-2,7-3)11-16-13/h10,13,16H,5-9,11H2,1-4H3. The molecule has 4 heteroatoms. The van der Waals surface area contributed by atoms with Crippen LogP contribution in [-0.4, -0.2) is 34.6 Å². The van der Waals surface area contributed by atoms with Gasteiger partial charge in [-0.3, -0.25) is 4.90 Å². The normalized spacial score (nSPS) is 23.7. The molecule has 19 heavy (non-hydrogen) atoms. The maximum Gasteiger partial charge on any atom is 0.107 e. The summed E-state index contributed by atoms with van der Waals surface area (Å²) in [5.74, 6) is 0. The third-order valence-electron chi connectivity index (χ3n) is 4.63. The number of nitrogens with one attached hydrogen (secondary N) is 1. The first-order chi connectivity index (χ1) is 9.13. The molecule has 2 heterocycles. The van der Waals surface area contributed by atoms with Gasteiger partial charge in [0.15, 0.2) is 0 Å². The second-order valence-electron chi connectivity index (χ2n) is 5.68. The maximum absolute atomic E-state index is 4.65. The van der Waals surface area contributed by atoms with Crippen molar-refractivity contribution in [1.29, 1.82) is 0 Å². The Hall–Kier alpha value is -0.450. The molecule has 0 aromatic carbocycles. The predicted molar refractivity (Wildman–Crippen MR) is 82.7 cm³/mol. The molecule has 1 saturated heterocycles. The average molecular weight is 281 g/mol. The van der Waals surface area contributed by atoms with Crippen LogP contribution >= 0.6 is 11.3 Å². The molecule has 0 bridgehead atoms.